The monoisotopic (exact) mass is 344 g/mol. The smallest absolute Gasteiger partial charge is 0.270 e. The summed E-state index contributed by atoms with van der Waals surface area (Å²) in [5, 5.41) is 5.80. The molecule has 128 valence electrons. The van der Waals surface area contributed by atoms with Gasteiger partial charge in [0.25, 0.3) is 5.91 Å². The van der Waals surface area contributed by atoms with Gasteiger partial charge in [-0.3, -0.25) is 4.79 Å². The fourth-order valence-electron chi connectivity index (χ4n) is 3.00. The average molecular weight is 344 g/mol. The lowest BCUT2D eigenvalue weighted by molar-refractivity contribution is 0.0950. The largest absolute Gasteiger partial charge is 0.370 e. The third-order valence-electron chi connectivity index (χ3n) is 4.11. The zero-order valence-electron chi connectivity index (χ0n) is 14.3. The Hall–Kier alpha value is -1.92. The number of fused-ring (bicyclic) bond motifs is 1. The quantitative estimate of drug-likeness (QED) is 0.874. The molecule has 1 aliphatic rings. The minimum atomic E-state index is -0.0819. The summed E-state index contributed by atoms with van der Waals surface area (Å²) in [7, 11) is 4.00. The summed E-state index contributed by atoms with van der Waals surface area (Å²) in [5.41, 5.74) is 3.23. The number of thiazole rings is 1. The van der Waals surface area contributed by atoms with Crippen LogP contribution < -0.4 is 10.2 Å². The van der Waals surface area contributed by atoms with Crippen LogP contribution in [-0.4, -0.2) is 49.5 Å². The van der Waals surface area contributed by atoms with Gasteiger partial charge in [-0.05, 0) is 38.6 Å². The van der Waals surface area contributed by atoms with Gasteiger partial charge < -0.3 is 15.1 Å². The highest BCUT2D eigenvalue weighted by atomic mass is 32.1. The molecule has 24 heavy (non-hydrogen) atoms. The van der Waals surface area contributed by atoms with Gasteiger partial charge >= 0.3 is 0 Å². The summed E-state index contributed by atoms with van der Waals surface area (Å²) in [6, 6.07) is 8.54. The van der Waals surface area contributed by atoms with E-state index in [4.69, 9.17) is 0 Å². The van der Waals surface area contributed by atoms with Gasteiger partial charge in [0.2, 0.25) is 0 Å². The fourth-order valence-corrected chi connectivity index (χ4v) is 3.89. The van der Waals surface area contributed by atoms with E-state index in [1.54, 1.807) is 0 Å². The third-order valence-corrected chi connectivity index (χ3v) is 4.94. The molecule has 0 bridgehead atoms. The Bertz CT molecular complexity index is 698. The highest BCUT2D eigenvalue weighted by molar-refractivity contribution is 7.09. The van der Waals surface area contributed by atoms with E-state index in [2.05, 4.69) is 39.5 Å². The molecule has 0 atom stereocenters. The van der Waals surface area contributed by atoms with Crippen molar-refractivity contribution in [2.75, 3.05) is 38.6 Å². The van der Waals surface area contributed by atoms with Gasteiger partial charge in [0, 0.05) is 37.2 Å². The molecule has 6 heteroatoms. The van der Waals surface area contributed by atoms with Gasteiger partial charge in [-0.1, -0.05) is 18.2 Å². The zero-order chi connectivity index (χ0) is 16.9. The predicted octanol–water partition coefficient (Wildman–Crippen LogP) is 2.39. The van der Waals surface area contributed by atoms with Crippen molar-refractivity contribution >= 4 is 22.9 Å². The third kappa shape index (κ3) is 4.13. The lowest BCUT2D eigenvalue weighted by atomic mass is 10.0. The number of carbonyl (C=O) groups excluding carboxylic acids is 1. The van der Waals surface area contributed by atoms with Gasteiger partial charge in [0.15, 0.2) is 0 Å². The molecular weight excluding hydrogens is 320 g/mol. The van der Waals surface area contributed by atoms with Crippen LogP contribution in [0.2, 0.25) is 0 Å². The molecule has 0 saturated heterocycles. The van der Waals surface area contributed by atoms with E-state index in [0.717, 1.165) is 31.1 Å². The lowest BCUT2D eigenvalue weighted by Gasteiger charge is -2.31. The number of hydrogen-bond donors (Lipinski definition) is 1. The molecule has 1 aromatic carbocycles. The molecule has 1 aliphatic heterocycles. The van der Waals surface area contributed by atoms with Crippen LogP contribution in [0.4, 0.5) is 5.69 Å². The van der Waals surface area contributed by atoms with Crippen LogP contribution in [0.25, 0.3) is 0 Å². The summed E-state index contributed by atoms with van der Waals surface area (Å²) in [6.45, 7) is 3.28. The van der Waals surface area contributed by atoms with Crippen LogP contribution in [0.3, 0.4) is 0 Å². The number of hydrogen-bond acceptors (Lipinski definition) is 5. The van der Waals surface area contributed by atoms with Crippen molar-refractivity contribution in [2.24, 2.45) is 0 Å². The Morgan fingerprint density at radius 3 is 3.04 bits per heavy atom. The molecule has 0 unspecified atom stereocenters. The van der Waals surface area contributed by atoms with Crippen LogP contribution in [0.15, 0.2) is 29.6 Å². The number of nitrogens with one attached hydrogen (secondary N) is 1. The van der Waals surface area contributed by atoms with E-state index in [1.807, 2.05) is 24.4 Å². The first-order valence-electron chi connectivity index (χ1n) is 8.33. The molecule has 5 nitrogen and oxygen atoms in total. The average Bonchev–Trinajstić information content (AvgIpc) is 3.03. The van der Waals surface area contributed by atoms with Crippen LogP contribution in [0.1, 0.15) is 27.5 Å². The van der Waals surface area contributed by atoms with E-state index in [9.17, 15) is 4.79 Å². The Balaban J connectivity index is 1.52. The summed E-state index contributed by atoms with van der Waals surface area (Å²) < 4.78 is 0. The summed E-state index contributed by atoms with van der Waals surface area (Å²) in [6.07, 6.45) is 2.32. The SMILES string of the molecule is CN(C)Cc1nc(C(=O)NCCN2CCCc3ccccc32)cs1. The van der Waals surface area contributed by atoms with Crippen LogP contribution in [0, 0.1) is 0 Å². The van der Waals surface area contributed by atoms with Gasteiger partial charge in [-0.25, -0.2) is 4.98 Å². The molecule has 0 fully saturated rings. The van der Waals surface area contributed by atoms with Crippen molar-refractivity contribution in [3.63, 3.8) is 0 Å². The van der Waals surface area contributed by atoms with Gasteiger partial charge in [-0.15, -0.1) is 11.3 Å². The first-order chi connectivity index (χ1) is 11.6. The maximum absolute atomic E-state index is 12.2. The minimum absolute atomic E-state index is 0.0819. The van der Waals surface area contributed by atoms with Crippen molar-refractivity contribution in [3.8, 4) is 0 Å². The number of para-hydroxylation sites is 1. The molecule has 0 saturated carbocycles. The Kier molecular flexibility index (Phi) is 5.48. The zero-order valence-corrected chi connectivity index (χ0v) is 15.1. The van der Waals surface area contributed by atoms with Crippen molar-refractivity contribution in [1.82, 2.24) is 15.2 Å². The number of rotatable bonds is 6. The molecule has 0 aliphatic carbocycles. The van der Waals surface area contributed by atoms with E-state index in [1.165, 1.54) is 29.0 Å². The Morgan fingerprint density at radius 2 is 2.21 bits per heavy atom. The molecule has 2 heterocycles. The molecule has 1 N–H and O–H groups in total. The molecule has 1 amide bonds. The molecule has 0 radical (unpaired) electrons. The van der Waals surface area contributed by atoms with E-state index in [0.29, 0.717) is 12.2 Å². The Morgan fingerprint density at radius 1 is 1.38 bits per heavy atom. The molecule has 0 spiro atoms. The molecule has 2 aromatic rings. The summed E-state index contributed by atoms with van der Waals surface area (Å²) >= 11 is 1.53. The number of amides is 1. The van der Waals surface area contributed by atoms with Crippen LogP contribution in [0.5, 0.6) is 0 Å². The lowest BCUT2D eigenvalue weighted by Crippen LogP contribution is -2.37. The second kappa shape index (κ2) is 7.77. The second-order valence-electron chi connectivity index (χ2n) is 6.34. The maximum atomic E-state index is 12.2. The van der Waals surface area contributed by atoms with Crippen molar-refractivity contribution in [2.45, 2.75) is 19.4 Å². The number of anilines is 1. The summed E-state index contributed by atoms with van der Waals surface area (Å²) in [4.78, 5) is 21.0. The van der Waals surface area contributed by atoms with Crippen molar-refractivity contribution in [3.05, 3.63) is 45.9 Å². The molecule has 3 rings (SSSR count). The van der Waals surface area contributed by atoms with Crippen molar-refractivity contribution < 1.29 is 4.79 Å². The predicted molar refractivity (Wildman–Crippen MR) is 98.8 cm³/mol. The van der Waals surface area contributed by atoms with E-state index >= 15 is 0 Å². The highest BCUT2D eigenvalue weighted by Gasteiger charge is 2.16. The standard InChI is InChI=1S/C18H24N4OS/c1-21(2)12-17-20-15(13-24-17)18(23)19-9-11-22-10-5-7-14-6-3-4-8-16(14)22/h3-4,6,8,13H,5,7,9-12H2,1-2H3,(H,19,23). The van der Waals surface area contributed by atoms with Gasteiger partial charge in [0.1, 0.15) is 10.7 Å². The van der Waals surface area contributed by atoms with E-state index in [-0.39, 0.29) is 5.91 Å². The minimum Gasteiger partial charge on any atom is -0.370 e. The van der Waals surface area contributed by atoms with E-state index < -0.39 is 0 Å². The normalized spacial score (nSPS) is 13.9. The van der Waals surface area contributed by atoms with Crippen molar-refractivity contribution in [1.29, 1.82) is 0 Å². The number of carbonyl (C=O) groups is 1. The van der Waals surface area contributed by atoms with Crippen LogP contribution in [-0.2, 0) is 13.0 Å². The maximum Gasteiger partial charge on any atom is 0.270 e. The number of aromatic nitrogens is 1. The number of benzene rings is 1. The topological polar surface area (TPSA) is 48.5 Å². The first kappa shape index (κ1) is 16.9. The van der Waals surface area contributed by atoms with Gasteiger partial charge in [-0.2, -0.15) is 0 Å². The van der Waals surface area contributed by atoms with Gasteiger partial charge in [0.05, 0.1) is 0 Å². The molecular formula is C18H24N4OS. The summed E-state index contributed by atoms with van der Waals surface area (Å²) in [5.74, 6) is -0.0819. The fraction of sp³-hybridized carbons (Fsp3) is 0.444. The van der Waals surface area contributed by atoms with Crippen LogP contribution >= 0.6 is 11.3 Å². The highest BCUT2D eigenvalue weighted by Crippen LogP contribution is 2.26. The number of aryl methyl sites for hydroxylation is 1. The molecule has 1 aromatic heterocycles. The Labute approximate surface area is 147 Å². The number of nitrogens with zero attached hydrogens (tertiary/aromatic N) is 3. The first-order valence-corrected chi connectivity index (χ1v) is 9.21. The second-order valence-corrected chi connectivity index (χ2v) is 7.28.